The highest BCUT2D eigenvalue weighted by molar-refractivity contribution is 5.73. The van der Waals surface area contributed by atoms with Crippen molar-refractivity contribution in [1.82, 2.24) is 0 Å². The van der Waals surface area contributed by atoms with Crippen LogP contribution in [-0.4, -0.2) is 12.6 Å². The molecule has 0 fully saturated rings. The van der Waals surface area contributed by atoms with Gasteiger partial charge in [0.25, 0.3) is 0 Å². The number of hydrogen-bond donors (Lipinski definition) is 1. The molecule has 2 rings (SSSR count). The van der Waals surface area contributed by atoms with Gasteiger partial charge in [-0.05, 0) is 62.1 Å². The normalized spacial score (nSPS) is 12.1. The van der Waals surface area contributed by atoms with Crippen molar-refractivity contribution in [1.29, 1.82) is 0 Å². The zero-order valence-electron chi connectivity index (χ0n) is 15.0. The number of carbonyl (C=O) groups excluding carboxylic acids is 1. The van der Waals surface area contributed by atoms with E-state index >= 15 is 0 Å². The number of benzene rings is 2. The van der Waals surface area contributed by atoms with Crippen molar-refractivity contribution in [3.8, 4) is 11.1 Å². The summed E-state index contributed by atoms with van der Waals surface area (Å²) in [6.07, 6.45) is -0.136. The molecule has 2 N–H and O–H groups in total. The van der Waals surface area contributed by atoms with Crippen LogP contribution in [0.25, 0.3) is 11.1 Å². The maximum absolute atomic E-state index is 14.7. The van der Waals surface area contributed by atoms with E-state index in [2.05, 4.69) is 0 Å². The first-order chi connectivity index (χ1) is 11.8. The number of nitrogens with two attached hydrogens (primary N) is 1. The van der Waals surface area contributed by atoms with E-state index in [1.807, 2.05) is 0 Å². The molecule has 0 heterocycles. The Morgan fingerprint density at radius 3 is 2.40 bits per heavy atom. The Morgan fingerprint density at radius 2 is 1.80 bits per heavy atom. The van der Waals surface area contributed by atoms with Gasteiger partial charge in [-0.15, -0.1) is 0 Å². The van der Waals surface area contributed by atoms with Crippen LogP contribution in [-0.2, 0) is 9.53 Å². The topological polar surface area (TPSA) is 52.3 Å². The Labute approximate surface area is 146 Å². The summed E-state index contributed by atoms with van der Waals surface area (Å²) >= 11 is 0. The summed E-state index contributed by atoms with van der Waals surface area (Å²) in [6, 6.07) is 5.59. The Hall–Kier alpha value is -2.27. The second-order valence-corrected chi connectivity index (χ2v) is 6.18. The van der Waals surface area contributed by atoms with E-state index in [-0.39, 0.29) is 24.4 Å². The fraction of sp³-hybridized carbons (Fsp3) is 0.350. The third kappa shape index (κ3) is 4.04. The quantitative estimate of drug-likeness (QED) is 0.810. The molecule has 2 aromatic carbocycles. The minimum Gasteiger partial charge on any atom is -0.466 e. The van der Waals surface area contributed by atoms with Crippen molar-refractivity contribution < 1.29 is 18.3 Å². The summed E-state index contributed by atoms with van der Waals surface area (Å²) in [6.45, 7) is 7.10. The summed E-state index contributed by atoms with van der Waals surface area (Å²) in [5, 5.41) is 0. The molecule has 0 aliphatic carbocycles. The van der Waals surface area contributed by atoms with Crippen LogP contribution >= 0.6 is 0 Å². The van der Waals surface area contributed by atoms with E-state index in [0.29, 0.717) is 22.3 Å². The van der Waals surface area contributed by atoms with Gasteiger partial charge in [0.1, 0.15) is 11.6 Å². The standard InChI is InChI=1S/C20H23F2NO2/c1-5-25-19(24)10-18(23)16-9-15(12(3)13(4)20(16)22)14-7-6-11(2)8-17(14)21/h6-9,18H,5,10,23H2,1-4H3/t18-/m0/s1. The average molecular weight is 347 g/mol. The SMILES string of the molecule is CCOC(=O)C[C@H](N)c1cc(-c2ccc(C)cc2F)c(C)c(C)c1F. The van der Waals surface area contributed by atoms with Gasteiger partial charge in [0.15, 0.2) is 0 Å². The van der Waals surface area contributed by atoms with Crippen molar-refractivity contribution in [2.75, 3.05) is 6.61 Å². The molecule has 0 aliphatic heterocycles. The molecule has 0 aromatic heterocycles. The number of aryl methyl sites for hydroxylation is 1. The predicted molar refractivity (Wildman–Crippen MR) is 94.2 cm³/mol. The van der Waals surface area contributed by atoms with Crippen molar-refractivity contribution in [2.45, 2.75) is 40.2 Å². The molecular formula is C20H23F2NO2. The first-order valence-corrected chi connectivity index (χ1v) is 8.23. The lowest BCUT2D eigenvalue weighted by molar-refractivity contribution is -0.143. The third-order valence-corrected chi connectivity index (χ3v) is 4.36. The predicted octanol–water partition coefficient (Wildman–Crippen LogP) is 4.51. The molecule has 0 radical (unpaired) electrons. The largest absolute Gasteiger partial charge is 0.466 e. The van der Waals surface area contributed by atoms with Gasteiger partial charge in [0.05, 0.1) is 13.0 Å². The second kappa shape index (κ2) is 7.74. The van der Waals surface area contributed by atoms with Crippen molar-refractivity contribution >= 4 is 5.97 Å². The van der Waals surface area contributed by atoms with Crippen LogP contribution in [0.5, 0.6) is 0 Å². The van der Waals surface area contributed by atoms with Gasteiger partial charge in [0, 0.05) is 17.2 Å². The van der Waals surface area contributed by atoms with Crippen LogP contribution in [0.1, 0.15) is 41.6 Å². The number of carbonyl (C=O) groups is 1. The molecule has 5 heteroatoms. The zero-order chi connectivity index (χ0) is 18.7. The highest BCUT2D eigenvalue weighted by atomic mass is 19.1. The molecule has 0 aliphatic rings. The van der Waals surface area contributed by atoms with E-state index in [1.165, 1.54) is 12.1 Å². The molecule has 0 bridgehead atoms. The summed E-state index contributed by atoms with van der Waals surface area (Å²) in [7, 11) is 0. The summed E-state index contributed by atoms with van der Waals surface area (Å²) in [4.78, 5) is 11.7. The Kier molecular flexibility index (Phi) is 5.90. The lowest BCUT2D eigenvalue weighted by Crippen LogP contribution is -2.19. The molecule has 3 nitrogen and oxygen atoms in total. The lowest BCUT2D eigenvalue weighted by atomic mass is 9.90. The van der Waals surface area contributed by atoms with Gasteiger partial charge in [-0.25, -0.2) is 8.78 Å². The molecule has 25 heavy (non-hydrogen) atoms. The van der Waals surface area contributed by atoms with E-state index in [0.717, 1.165) is 5.56 Å². The Morgan fingerprint density at radius 1 is 1.12 bits per heavy atom. The van der Waals surface area contributed by atoms with Crippen LogP contribution in [0.4, 0.5) is 8.78 Å². The number of halogens is 2. The van der Waals surface area contributed by atoms with Crippen LogP contribution in [0.3, 0.4) is 0 Å². The third-order valence-electron chi connectivity index (χ3n) is 4.36. The first-order valence-electron chi connectivity index (χ1n) is 8.23. The number of hydrogen-bond acceptors (Lipinski definition) is 3. The van der Waals surface area contributed by atoms with Crippen LogP contribution in [0.15, 0.2) is 24.3 Å². The van der Waals surface area contributed by atoms with Crippen LogP contribution in [0.2, 0.25) is 0 Å². The van der Waals surface area contributed by atoms with E-state index < -0.39 is 17.8 Å². The molecule has 0 amide bonds. The molecule has 0 unspecified atom stereocenters. The highest BCUT2D eigenvalue weighted by Crippen LogP contribution is 2.34. The second-order valence-electron chi connectivity index (χ2n) is 6.18. The van der Waals surface area contributed by atoms with Crippen molar-refractivity contribution in [3.05, 3.63) is 58.2 Å². The highest BCUT2D eigenvalue weighted by Gasteiger charge is 2.22. The molecule has 134 valence electrons. The summed E-state index contributed by atoms with van der Waals surface area (Å²) < 4.78 is 33.9. The molecule has 0 saturated carbocycles. The first kappa shape index (κ1) is 19.1. The van der Waals surface area contributed by atoms with E-state index in [9.17, 15) is 13.6 Å². The van der Waals surface area contributed by atoms with Crippen molar-refractivity contribution in [2.24, 2.45) is 5.73 Å². The molecule has 0 saturated heterocycles. The van der Waals surface area contributed by atoms with Crippen LogP contribution < -0.4 is 5.73 Å². The average Bonchev–Trinajstić information content (AvgIpc) is 2.54. The molecule has 2 aromatic rings. The fourth-order valence-electron chi connectivity index (χ4n) is 2.81. The molecule has 1 atom stereocenters. The fourth-order valence-corrected chi connectivity index (χ4v) is 2.81. The maximum Gasteiger partial charge on any atom is 0.307 e. The monoisotopic (exact) mass is 347 g/mol. The minimum absolute atomic E-state index is 0.136. The maximum atomic E-state index is 14.7. The van der Waals surface area contributed by atoms with Gasteiger partial charge in [-0.3, -0.25) is 4.79 Å². The van der Waals surface area contributed by atoms with Gasteiger partial charge in [-0.1, -0.05) is 12.1 Å². The summed E-state index contributed by atoms with van der Waals surface area (Å²) in [5.74, 6) is -1.33. The number of rotatable bonds is 5. The zero-order valence-corrected chi connectivity index (χ0v) is 15.0. The smallest absolute Gasteiger partial charge is 0.307 e. The van der Waals surface area contributed by atoms with Gasteiger partial charge < -0.3 is 10.5 Å². The Balaban J connectivity index is 2.52. The van der Waals surface area contributed by atoms with Crippen molar-refractivity contribution in [3.63, 3.8) is 0 Å². The van der Waals surface area contributed by atoms with E-state index in [1.54, 1.807) is 39.8 Å². The van der Waals surface area contributed by atoms with Gasteiger partial charge in [-0.2, -0.15) is 0 Å². The molecular weight excluding hydrogens is 324 g/mol. The number of esters is 1. The van der Waals surface area contributed by atoms with Gasteiger partial charge >= 0.3 is 5.97 Å². The molecule has 0 spiro atoms. The minimum atomic E-state index is -0.856. The summed E-state index contributed by atoms with van der Waals surface area (Å²) in [5.41, 5.74) is 9.01. The van der Waals surface area contributed by atoms with E-state index in [4.69, 9.17) is 10.5 Å². The lowest BCUT2D eigenvalue weighted by Gasteiger charge is -2.19. The Bertz CT molecular complexity index is 803. The van der Waals surface area contributed by atoms with Crippen LogP contribution in [0, 0.1) is 32.4 Å². The number of ether oxygens (including phenoxy) is 1. The van der Waals surface area contributed by atoms with Gasteiger partial charge in [0.2, 0.25) is 0 Å².